The standard InChI is InChI=1S/C9H12F4O3/c1-8(2,6-5(10)3-4-15-6)16-7(14)9(11,12)13/h5-6H,3-4H2,1-2H3. The molecule has 0 aromatic rings. The van der Waals surface area contributed by atoms with Crippen molar-refractivity contribution in [3.63, 3.8) is 0 Å². The van der Waals surface area contributed by atoms with E-state index < -0.39 is 30.0 Å². The molecule has 1 aliphatic rings. The zero-order valence-electron chi connectivity index (χ0n) is 8.81. The molecular formula is C9H12F4O3. The lowest BCUT2D eigenvalue weighted by Crippen LogP contribution is -2.47. The minimum absolute atomic E-state index is 0.0949. The number of ether oxygens (including phenoxy) is 2. The van der Waals surface area contributed by atoms with Crippen molar-refractivity contribution in [3.05, 3.63) is 0 Å². The lowest BCUT2D eigenvalue weighted by atomic mass is 9.97. The normalized spacial score (nSPS) is 26.9. The summed E-state index contributed by atoms with van der Waals surface area (Å²) >= 11 is 0. The first-order valence-corrected chi connectivity index (χ1v) is 4.70. The molecular weight excluding hydrogens is 232 g/mol. The fourth-order valence-electron chi connectivity index (χ4n) is 1.55. The van der Waals surface area contributed by atoms with Crippen LogP contribution in [0, 0.1) is 0 Å². The molecule has 0 amide bonds. The molecule has 0 aromatic carbocycles. The second kappa shape index (κ2) is 4.20. The summed E-state index contributed by atoms with van der Waals surface area (Å²) in [6, 6.07) is 0. The van der Waals surface area contributed by atoms with Gasteiger partial charge in [-0.05, 0) is 13.8 Å². The second-order valence-corrected chi connectivity index (χ2v) is 4.09. The fraction of sp³-hybridized carbons (Fsp3) is 0.889. The molecule has 3 nitrogen and oxygen atoms in total. The molecule has 0 saturated carbocycles. The van der Waals surface area contributed by atoms with Crippen molar-refractivity contribution < 1.29 is 31.8 Å². The Balaban J connectivity index is 2.68. The minimum Gasteiger partial charge on any atom is -0.450 e. The van der Waals surface area contributed by atoms with Gasteiger partial charge < -0.3 is 9.47 Å². The molecule has 1 saturated heterocycles. The van der Waals surface area contributed by atoms with E-state index in [4.69, 9.17) is 4.74 Å². The van der Waals surface area contributed by atoms with Gasteiger partial charge in [0, 0.05) is 6.42 Å². The van der Waals surface area contributed by atoms with Crippen LogP contribution in [0.25, 0.3) is 0 Å². The van der Waals surface area contributed by atoms with Crippen LogP contribution in [-0.4, -0.2) is 36.6 Å². The number of esters is 1. The predicted octanol–water partition coefficient (Wildman–Crippen LogP) is 2.00. The zero-order chi connectivity index (χ0) is 12.6. The van der Waals surface area contributed by atoms with E-state index >= 15 is 0 Å². The molecule has 0 radical (unpaired) electrons. The number of hydrogen-bond donors (Lipinski definition) is 0. The molecule has 0 bridgehead atoms. The first-order valence-electron chi connectivity index (χ1n) is 4.70. The third-order valence-corrected chi connectivity index (χ3v) is 2.29. The van der Waals surface area contributed by atoms with Crippen molar-refractivity contribution in [1.82, 2.24) is 0 Å². The van der Waals surface area contributed by atoms with E-state index in [0.717, 1.165) is 0 Å². The smallest absolute Gasteiger partial charge is 0.450 e. The first kappa shape index (κ1) is 13.2. The van der Waals surface area contributed by atoms with Crippen molar-refractivity contribution in [3.8, 4) is 0 Å². The molecule has 0 spiro atoms. The summed E-state index contributed by atoms with van der Waals surface area (Å²) in [4.78, 5) is 10.6. The molecule has 1 heterocycles. The van der Waals surface area contributed by atoms with Crippen LogP contribution in [0.5, 0.6) is 0 Å². The van der Waals surface area contributed by atoms with Gasteiger partial charge in [-0.25, -0.2) is 9.18 Å². The van der Waals surface area contributed by atoms with Crippen LogP contribution in [0.4, 0.5) is 17.6 Å². The van der Waals surface area contributed by atoms with E-state index in [1.807, 2.05) is 0 Å². The summed E-state index contributed by atoms with van der Waals surface area (Å²) in [7, 11) is 0. The number of alkyl halides is 4. The average Bonchev–Trinajstić information content (AvgIpc) is 2.49. The minimum atomic E-state index is -5.08. The van der Waals surface area contributed by atoms with Crippen LogP contribution in [0.15, 0.2) is 0 Å². The molecule has 1 aliphatic heterocycles. The van der Waals surface area contributed by atoms with E-state index in [1.165, 1.54) is 13.8 Å². The number of hydrogen-bond acceptors (Lipinski definition) is 3. The number of halogens is 4. The lowest BCUT2D eigenvalue weighted by Gasteiger charge is -2.31. The maximum absolute atomic E-state index is 13.2. The maximum atomic E-state index is 13.2. The predicted molar refractivity (Wildman–Crippen MR) is 45.5 cm³/mol. The van der Waals surface area contributed by atoms with Gasteiger partial charge >= 0.3 is 12.1 Å². The van der Waals surface area contributed by atoms with Gasteiger partial charge in [-0.3, -0.25) is 0 Å². The highest BCUT2D eigenvalue weighted by Crippen LogP contribution is 2.31. The summed E-state index contributed by atoms with van der Waals surface area (Å²) in [5, 5.41) is 0. The van der Waals surface area contributed by atoms with E-state index in [-0.39, 0.29) is 13.0 Å². The molecule has 2 unspecified atom stereocenters. The van der Waals surface area contributed by atoms with Crippen LogP contribution in [0.3, 0.4) is 0 Å². The topological polar surface area (TPSA) is 35.5 Å². The Morgan fingerprint density at radius 2 is 1.94 bits per heavy atom. The molecule has 2 atom stereocenters. The molecule has 1 rings (SSSR count). The van der Waals surface area contributed by atoms with Gasteiger partial charge in [-0.15, -0.1) is 0 Å². The van der Waals surface area contributed by atoms with Crippen molar-refractivity contribution in [2.24, 2.45) is 0 Å². The van der Waals surface area contributed by atoms with E-state index in [9.17, 15) is 22.4 Å². The van der Waals surface area contributed by atoms with Gasteiger partial charge in [-0.1, -0.05) is 0 Å². The van der Waals surface area contributed by atoms with Crippen LogP contribution in [0.1, 0.15) is 20.3 Å². The summed E-state index contributed by atoms with van der Waals surface area (Å²) in [6.07, 6.45) is -7.56. The Morgan fingerprint density at radius 1 is 1.38 bits per heavy atom. The van der Waals surface area contributed by atoms with E-state index in [2.05, 4.69) is 4.74 Å². The highest BCUT2D eigenvalue weighted by molar-refractivity contribution is 5.76. The fourth-order valence-corrected chi connectivity index (χ4v) is 1.55. The van der Waals surface area contributed by atoms with Gasteiger partial charge in [-0.2, -0.15) is 13.2 Å². The van der Waals surface area contributed by atoms with Gasteiger partial charge in [0.15, 0.2) is 0 Å². The molecule has 1 fully saturated rings. The van der Waals surface area contributed by atoms with Gasteiger partial charge in [0.25, 0.3) is 0 Å². The van der Waals surface area contributed by atoms with Crippen molar-refractivity contribution in [1.29, 1.82) is 0 Å². The Hall–Kier alpha value is -0.850. The van der Waals surface area contributed by atoms with Crippen molar-refractivity contribution in [2.45, 2.75) is 44.3 Å². The third-order valence-electron chi connectivity index (χ3n) is 2.29. The Bertz CT molecular complexity index is 274. The molecule has 0 N–H and O–H groups in total. The molecule has 0 aliphatic carbocycles. The second-order valence-electron chi connectivity index (χ2n) is 4.09. The van der Waals surface area contributed by atoms with Crippen molar-refractivity contribution in [2.75, 3.05) is 6.61 Å². The first-order chi connectivity index (χ1) is 7.14. The number of rotatable bonds is 2. The summed E-state index contributed by atoms with van der Waals surface area (Å²) < 4.78 is 58.2. The summed E-state index contributed by atoms with van der Waals surface area (Å²) in [6.45, 7) is 2.50. The third kappa shape index (κ3) is 2.84. The Kier molecular flexibility index (Phi) is 3.47. The van der Waals surface area contributed by atoms with Gasteiger partial charge in [0.2, 0.25) is 0 Å². The van der Waals surface area contributed by atoms with Crippen molar-refractivity contribution >= 4 is 5.97 Å². The quantitative estimate of drug-likeness (QED) is 0.550. The number of carbonyl (C=O) groups is 1. The Labute approximate surface area is 89.7 Å². The molecule has 94 valence electrons. The zero-order valence-corrected chi connectivity index (χ0v) is 8.81. The highest BCUT2D eigenvalue weighted by Gasteiger charge is 2.49. The Morgan fingerprint density at radius 3 is 2.31 bits per heavy atom. The SMILES string of the molecule is CC(C)(OC(=O)C(F)(F)F)C1OCCC1F. The molecule has 7 heteroatoms. The van der Waals surface area contributed by atoms with Gasteiger partial charge in [0.1, 0.15) is 17.9 Å². The lowest BCUT2D eigenvalue weighted by molar-refractivity contribution is -0.221. The maximum Gasteiger partial charge on any atom is 0.490 e. The average molecular weight is 244 g/mol. The summed E-state index contributed by atoms with van der Waals surface area (Å²) in [5.41, 5.74) is -1.64. The van der Waals surface area contributed by atoms with Gasteiger partial charge in [0.05, 0.1) is 6.61 Å². The monoisotopic (exact) mass is 244 g/mol. The van der Waals surface area contributed by atoms with E-state index in [0.29, 0.717) is 0 Å². The van der Waals surface area contributed by atoms with Crippen LogP contribution >= 0.6 is 0 Å². The largest absolute Gasteiger partial charge is 0.490 e. The number of carbonyl (C=O) groups excluding carboxylic acids is 1. The van der Waals surface area contributed by atoms with Crippen LogP contribution < -0.4 is 0 Å². The molecule has 16 heavy (non-hydrogen) atoms. The highest BCUT2D eigenvalue weighted by atomic mass is 19.4. The van der Waals surface area contributed by atoms with Crippen LogP contribution in [0.2, 0.25) is 0 Å². The summed E-state index contributed by atoms with van der Waals surface area (Å²) in [5.74, 6) is -2.33. The molecule has 0 aromatic heterocycles. The van der Waals surface area contributed by atoms with Crippen LogP contribution in [-0.2, 0) is 14.3 Å². The van der Waals surface area contributed by atoms with E-state index in [1.54, 1.807) is 0 Å².